The Morgan fingerprint density at radius 3 is 2.25 bits per heavy atom. The number of phenols is 2. The number of aromatic hydroxyl groups is 2. The van der Waals surface area contributed by atoms with E-state index in [1.165, 1.54) is 11.3 Å². The zero-order valence-corrected chi connectivity index (χ0v) is 16.4. The lowest BCUT2D eigenvalue weighted by Crippen LogP contribution is -2.02. The fourth-order valence-corrected chi connectivity index (χ4v) is 4.66. The molecule has 4 rings (SSSR count). The predicted octanol–water partition coefficient (Wildman–Crippen LogP) is 5.99. The molecule has 0 fully saturated rings. The molecule has 140 valence electrons. The minimum Gasteiger partial charge on any atom is -0.508 e. The van der Waals surface area contributed by atoms with Gasteiger partial charge in [-0.15, -0.1) is 22.9 Å². The van der Waals surface area contributed by atoms with E-state index in [1.54, 1.807) is 42.5 Å². The number of alkyl halides is 1. The van der Waals surface area contributed by atoms with E-state index in [0.29, 0.717) is 17.0 Å². The number of phenolic OH excluding ortho intramolecular Hbond substituents is 2. The number of carbonyl (C=O) groups is 1. The first kappa shape index (κ1) is 18.5. The number of rotatable bonds is 5. The maximum atomic E-state index is 13.4. The fourth-order valence-electron chi connectivity index (χ4n) is 3.20. The number of benzene rings is 3. The summed E-state index contributed by atoms with van der Waals surface area (Å²) in [6.07, 6.45) is 0.759. The van der Waals surface area contributed by atoms with Gasteiger partial charge in [0, 0.05) is 32.0 Å². The van der Waals surface area contributed by atoms with Crippen LogP contribution in [0.15, 0.2) is 66.7 Å². The standard InChI is InChI=1S/C23H17ClO3S/c24-12-11-14-1-3-15(4-2-14)22(27)21-19-10-9-18(26)13-20(19)28-23(21)16-5-7-17(25)8-6-16/h1-10,13,25-26H,11-12H2. The normalized spacial score (nSPS) is 11.0. The minimum absolute atomic E-state index is 0.0718. The summed E-state index contributed by atoms with van der Waals surface area (Å²) in [4.78, 5) is 14.2. The van der Waals surface area contributed by atoms with Crippen LogP contribution in [-0.4, -0.2) is 21.9 Å². The third-order valence-electron chi connectivity index (χ3n) is 4.63. The van der Waals surface area contributed by atoms with Gasteiger partial charge in [-0.1, -0.05) is 24.3 Å². The maximum Gasteiger partial charge on any atom is 0.195 e. The van der Waals surface area contributed by atoms with E-state index in [9.17, 15) is 15.0 Å². The van der Waals surface area contributed by atoms with Gasteiger partial charge in [-0.2, -0.15) is 0 Å². The van der Waals surface area contributed by atoms with Crippen molar-refractivity contribution >= 4 is 38.8 Å². The Morgan fingerprint density at radius 1 is 0.893 bits per heavy atom. The molecule has 1 heterocycles. The quantitative estimate of drug-likeness (QED) is 0.315. The minimum atomic E-state index is -0.0718. The smallest absolute Gasteiger partial charge is 0.195 e. The second kappa shape index (κ2) is 7.66. The average Bonchev–Trinajstić information content (AvgIpc) is 3.07. The Labute approximate surface area is 171 Å². The van der Waals surface area contributed by atoms with E-state index >= 15 is 0 Å². The van der Waals surface area contributed by atoms with E-state index in [2.05, 4.69) is 0 Å². The Balaban J connectivity index is 1.87. The van der Waals surface area contributed by atoms with Gasteiger partial charge in [-0.05, 0) is 60.0 Å². The highest BCUT2D eigenvalue weighted by molar-refractivity contribution is 7.22. The molecule has 2 N–H and O–H groups in total. The van der Waals surface area contributed by atoms with Gasteiger partial charge in [-0.3, -0.25) is 4.79 Å². The molecule has 28 heavy (non-hydrogen) atoms. The first-order valence-electron chi connectivity index (χ1n) is 8.81. The maximum absolute atomic E-state index is 13.4. The first-order chi connectivity index (χ1) is 13.6. The summed E-state index contributed by atoms with van der Waals surface area (Å²) >= 11 is 7.25. The van der Waals surface area contributed by atoms with Crippen LogP contribution < -0.4 is 0 Å². The van der Waals surface area contributed by atoms with Crippen molar-refractivity contribution in [1.29, 1.82) is 0 Å². The van der Waals surface area contributed by atoms with Gasteiger partial charge in [0.15, 0.2) is 5.78 Å². The second-order valence-electron chi connectivity index (χ2n) is 6.50. The van der Waals surface area contributed by atoms with Crippen molar-refractivity contribution < 1.29 is 15.0 Å². The Bertz CT molecular complexity index is 1150. The summed E-state index contributed by atoms with van der Waals surface area (Å²) in [5.74, 6) is 0.801. The predicted molar refractivity (Wildman–Crippen MR) is 115 cm³/mol. The topological polar surface area (TPSA) is 57.5 Å². The number of hydrogen-bond donors (Lipinski definition) is 2. The third-order valence-corrected chi connectivity index (χ3v) is 6.02. The van der Waals surface area contributed by atoms with Gasteiger partial charge in [0.25, 0.3) is 0 Å². The molecule has 4 aromatic rings. The molecule has 0 aliphatic heterocycles. The van der Waals surface area contributed by atoms with Gasteiger partial charge in [0.2, 0.25) is 0 Å². The number of carbonyl (C=O) groups excluding carboxylic acids is 1. The van der Waals surface area contributed by atoms with Crippen LogP contribution in [0.3, 0.4) is 0 Å². The Kier molecular flexibility index (Phi) is 5.07. The molecule has 0 saturated heterocycles. The van der Waals surface area contributed by atoms with Crippen LogP contribution >= 0.6 is 22.9 Å². The molecule has 0 unspecified atom stereocenters. The van der Waals surface area contributed by atoms with E-state index in [1.807, 2.05) is 24.3 Å². The number of hydrogen-bond acceptors (Lipinski definition) is 4. The molecular weight excluding hydrogens is 392 g/mol. The van der Waals surface area contributed by atoms with Crippen LogP contribution in [0.5, 0.6) is 11.5 Å². The molecular formula is C23H17ClO3S. The largest absolute Gasteiger partial charge is 0.508 e. The van der Waals surface area contributed by atoms with E-state index in [0.717, 1.165) is 32.5 Å². The van der Waals surface area contributed by atoms with Crippen molar-refractivity contribution in [3.05, 3.63) is 83.4 Å². The van der Waals surface area contributed by atoms with Crippen LogP contribution in [0.4, 0.5) is 0 Å². The lowest BCUT2D eigenvalue weighted by atomic mass is 9.96. The molecule has 0 bridgehead atoms. The molecule has 0 aliphatic carbocycles. The monoisotopic (exact) mass is 408 g/mol. The van der Waals surface area contributed by atoms with Gasteiger partial charge >= 0.3 is 0 Å². The van der Waals surface area contributed by atoms with Crippen molar-refractivity contribution in [2.24, 2.45) is 0 Å². The molecule has 5 heteroatoms. The van der Waals surface area contributed by atoms with Crippen LogP contribution in [0.1, 0.15) is 21.5 Å². The SMILES string of the molecule is O=C(c1ccc(CCCl)cc1)c1c(-c2ccc(O)cc2)sc2cc(O)ccc12. The fraction of sp³-hybridized carbons (Fsp3) is 0.0870. The van der Waals surface area contributed by atoms with Crippen molar-refractivity contribution in [3.8, 4) is 21.9 Å². The van der Waals surface area contributed by atoms with Crippen LogP contribution in [-0.2, 0) is 6.42 Å². The Hall–Kier alpha value is -2.82. The lowest BCUT2D eigenvalue weighted by Gasteiger charge is -2.06. The third kappa shape index (κ3) is 3.49. The average molecular weight is 409 g/mol. The molecule has 0 radical (unpaired) electrons. The van der Waals surface area contributed by atoms with E-state index in [4.69, 9.17) is 11.6 Å². The molecule has 0 spiro atoms. The highest BCUT2D eigenvalue weighted by Crippen LogP contribution is 2.41. The molecule has 0 aliphatic rings. The van der Waals surface area contributed by atoms with Gasteiger partial charge in [0.05, 0.1) is 0 Å². The highest BCUT2D eigenvalue weighted by atomic mass is 35.5. The summed E-state index contributed by atoms with van der Waals surface area (Å²) in [5, 5.41) is 20.3. The number of aryl methyl sites for hydroxylation is 1. The van der Waals surface area contributed by atoms with Crippen molar-refractivity contribution in [3.63, 3.8) is 0 Å². The van der Waals surface area contributed by atoms with Crippen molar-refractivity contribution in [2.75, 3.05) is 5.88 Å². The zero-order valence-electron chi connectivity index (χ0n) is 14.9. The van der Waals surface area contributed by atoms with Crippen LogP contribution in [0.2, 0.25) is 0 Å². The van der Waals surface area contributed by atoms with Crippen LogP contribution in [0.25, 0.3) is 20.5 Å². The van der Waals surface area contributed by atoms with Crippen molar-refractivity contribution in [1.82, 2.24) is 0 Å². The summed E-state index contributed by atoms with van der Waals surface area (Å²) < 4.78 is 0.838. The summed E-state index contributed by atoms with van der Waals surface area (Å²) in [6.45, 7) is 0. The number of halogens is 1. The number of ketones is 1. The van der Waals surface area contributed by atoms with Gasteiger partial charge < -0.3 is 10.2 Å². The molecule has 1 aromatic heterocycles. The van der Waals surface area contributed by atoms with Crippen molar-refractivity contribution in [2.45, 2.75) is 6.42 Å². The zero-order chi connectivity index (χ0) is 19.7. The number of thiophene rings is 1. The lowest BCUT2D eigenvalue weighted by molar-refractivity contribution is 0.104. The number of fused-ring (bicyclic) bond motifs is 1. The van der Waals surface area contributed by atoms with Crippen LogP contribution in [0, 0.1) is 0 Å². The first-order valence-corrected chi connectivity index (χ1v) is 10.2. The van der Waals surface area contributed by atoms with Gasteiger partial charge in [0.1, 0.15) is 11.5 Å². The Morgan fingerprint density at radius 2 is 1.57 bits per heavy atom. The summed E-state index contributed by atoms with van der Waals surface area (Å²) in [7, 11) is 0. The molecule has 0 atom stereocenters. The molecule has 3 nitrogen and oxygen atoms in total. The van der Waals surface area contributed by atoms with E-state index < -0.39 is 0 Å². The molecule has 3 aromatic carbocycles. The van der Waals surface area contributed by atoms with Gasteiger partial charge in [-0.25, -0.2) is 0 Å². The highest BCUT2D eigenvalue weighted by Gasteiger charge is 2.21. The summed E-state index contributed by atoms with van der Waals surface area (Å²) in [6, 6.07) is 19.3. The van der Waals surface area contributed by atoms with E-state index in [-0.39, 0.29) is 17.3 Å². The second-order valence-corrected chi connectivity index (χ2v) is 7.93. The molecule has 0 saturated carbocycles. The molecule has 0 amide bonds. The summed E-state index contributed by atoms with van der Waals surface area (Å²) in [5.41, 5.74) is 3.15.